The molecule has 1 fully saturated rings. The maximum absolute atomic E-state index is 3.25. The molecule has 1 aliphatic heterocycles. The zero-order valence-corrected chi connectivity index (χ0v) is 16.2. The first kappa shape index (κ1) is 17.5. The Kier molecular flexibility index (Phi) is 5.20. The summed E-state index contributed by atoms with van der Waals surface area (Å²) in [5.74, 6) is 0. The van der Waals surface area contributed by atoms with Crippen LogP contribution in [-0.4, -0.2) is 18.0 Å². The Labute approximate surface area is 159 Å². The van der Waals surface area contributed by atoms with Crippen LogP contribution in [0.4, 0.5) is 0 Å². The molecule has 2 atom stereocenters. The second kappa shape index (κ2) is 7.74. The van der Waals surface area contributed by atoms with Gasteiger partial charge < -0.3 is 0 Å². The van der Waals surface area contributed by atoms with E-state index in [0.29, 0.717) is 6.04 Å². The lowest BCUT2D eigenvalue weighted by atomic mass is 9.80. The van der Waals surface area contributed by atoms with Gasteiger partial charge in [0.2, 0.25) is 0 Å². The third-order valence-electron chi connectivity index (χ3n) is 5.56. The van der Waals surface area contributed by atoms with Crippen LogP contribution in [0.5, 0.6) is 0 Å². The van der Waals surface area contributed by atoms with Crippen molar-refractivity contribution in [3.8, 4) is 0 Å². The summed E-state index contributed by atoms with van der Waals surface area (Å²) in [7, 11) is 3.25. The Morgan fingerprint density at radius 2 is 1.08 bits per heavy atom. The van der Waals surface area contributed by atoms with Gasteiger partial charge in [0.05, 0.1) is 11.2 Å². The van der Waals surface area contributed by atoms with E-state index in [1.807, 2.05) is 0 Å². The summed E-state index contributed by atoms with van der Waals surface area (Å²) < 4.78 is 0. The molecule has 2 heteroatoms. The predicted molar refractivity (Wildman–Crippen MR) is 113 cm³/mol. The Morgan fingerprint density at radius 3 is 1.54 bits per heavy atom. The normalized spacial score (nSPS) is 16.5. The summed E-state index contributed by atoms with van der Waals surface area (Å²) in [6.07, 6.45) is 2.57. The van der Waals surface area contributed by atoms with Crippen LogP contribution in [0, 0.1) is 0 Å². The minimum absolute atomic E-state index is 0.186. The molecule has 132 valence electrons. The minimum Gasteiger partial charge on any atom is -0.295 e. The summed E-state index contributed by atoms with van der Waals surface area (Å²) in [4.78, 5) is 2.67. The molecule has 0 bridgehead atoms. The summed E-state index contributed by atoms with van der Waals surface area (Å²) in [6.45, 7) is 2.32. The molecular formula is C24H26NP. The van der Waals surface area contributed by atoms with Crippen LogP contribution in [0.25, 0.3) is 0 Å². The van der Waals surface area contributed by atoms with Gasteiger partial charge in [0.15, 0.2) is 0 Å². The van der Waals surface area contributed by atoms with Gasteiger partial charge in [-0.15, -0.1) is 9.24 Å². The molecule has 3 aromatic rings. The molecule has 2 unspecified atom stereocenters. The summed E-state index contributed by atoms with van der Waals surface area (Å²) in [5.41, 5.74) is 4.08. The van der Waals surface area contributed by atoms with Crippen LogP contribution in [-0.2, 0) is 5.16 Å². The molecule has 0 aromatic heterocycles. The van der Waals surface area contributed by atoms with Crippen molar-refractivity contribution in [1.29, 1.82) is 0 Å². The van der Waals surface area contributed by atoms with Crippen LogP contribution in [0.15, 0.2) is 91.0 Å². The van der Waals surface area contributed by atoms with Crippen molar-refractivity contribution < 1.29 is 0 Å². The first-order valence-electron chi connectivity index (χ1n) is 9.49. The molecule has 1 aliphatic rings. The molecule has 26 heavy (non-hydrogen) atoms. The highest BCUT2D eigenvalue weighted by molar-refractivity contribution is 7.19. The standard InChI is InChI=1S/C24H26NP/c26-24(21-14-6-2-7-15-21,22-16-8-3-9-17-22)23(25-18-10-11-19-25)20-12-4-1-5-13-20/h1-9,12-17,23H,10-11,18-19,26H2. The van der Waals surface area contributed by atoms with E-state index in [0.717, 1.165) is 13.1 Å². The molecule has 0 spiro atoms. The van der Waals surface area contributed by atoms with Crippen molar-refractivity contribution in [2.75, 3.05) is 13.1 Å². The predicted octanol–water partition coefficient (Wildman–Crippen LogP) is 5.64. The fourth-order valence-electron chi connectivity index (χ4n) is 4.31. The van der Waals surface area contributed by atoms with E-state index < -0.39 is 0 Å². The van der Waals surface area contributed by atoms with Crippen molar-refractivity contribution in [2.24, 2.45) is 0 Å². The molecule has 0 saturated carbocycles. The highest BCUT2D eigenvalue weighted by Crippen LogP contribution is 2.52. The van der Waals surface area contributed by atoms with Gasteiger partial charge >= 0.3 is 0 Å². The average Bonchev–Trinajstić information content (AvgIpc) is 3.24. The number of hydrogen-bond donors (Lipinski definition) is 0. The lowest BCUT2D eigenvalue weighted by Crippen LogP contribution is -2.40. The summed E-state index contributed by atoms with van der Waals surface area (Å²) in [5, 5.41) is -0.186. The Bertz CT molecular complexity index is 771. The number of rotatable bonds is 5. The maximum Gasteiger partial charge on any atom is 0.0539 e. The Hall–Kier alpha value is -1.95. The van der Waals surface area contributed by atoms with E-state index in [1.165, 1.54) is 29.5 Å². The SMILES string of the molecule is PC(c1ccccc1)(c1ccccc1)C(c1ccccc1)N1CCCC1. The fraction of sp³-hybridized carbons (Fsp3) is 0.250. The third-order valence-corrected chi connectivity index (χ3v) is 6.54. The molecule has 1 nitrogen and oxygen atoms in total. The molecule has 0 N–H and O–H groups in total. The number of nitrogens with zero attached hydrogens (tertiary/aromatic N) is 1. The van der Waals surface area contributed by atoms with E-state index in [-0.39, 0.29) is 5.16 Å². The van der Waals surface area contributed by atoms with Gasteiger partial charge in [-0.25, -0.2) is 0 Å². The van der Waals surface area contributed by atoms with Crippen molar-refractivity contribution >= 4 is 9.24 Å². The Morgan fingerprint density at radius 1 is 0.654 bits per heavy atom. The number of hydrogen-bond acceptors (Lipinski definition) is 1. The Balaban J connectivity index is 1.93. The topological polar surface area (TPSA) is 3.24 Å². The van der Waals surface area contributed by atoms with Gasteiger partial charge in [0.25, 0.3) is 0 Å². The van der Waals surface area contributed by atoms with Crippen LogP contribution in [0.3, 0.4) is 0 Å². The molecule has 0 aliphatic carbocycles. The molecule has 0 amide bonds. The molecule has 1 saturated heterocycles. The lowest BCUT2D eigenvalue weighted by Gasteiger charge is -2.44. The maximum atomic E-state index is 3.25. The van der Waals surface area contributed by atoms with Crippen LogP contribution < -0.4 is 0 Å². The highest BCUT2D eigenvalue weighted by atomic mass is 31.0. The molecule has 0 radical (unpaired) electrons. The zero-order valence-electron chi connectivity index (χ0n) is 15.1. The highest BCUT2D eigenvalue weighted by Gasteiger charge is 2.42. The van der Waals surface area contributed by atoms with Crippen molar-refractivity contribution in [2.45, 2.75) is 24.0 Å². The smallest absolute Gasteiger partial charge is 0.0539 e. The van der Waals surface area contributed by atoms with Crippen molar-refractivity contribution in [3.05, 3.63) is 108 Å². The van der Waals surface area contributed by atoms with Gasteiger partial charge in [0.1, 0.15) is 0 Å². The fourth-order valence-corrected chi connectivity index (χ4v) is 5.10. The minimum atomic E-state index is -0.186. The first-order chi connectivity index (χ1) is 12.8. The number of benzene rings is 3. The van der Waals surface area contributed by atoms with Crippen LogP contribution in [0.1, 0.15) is 35.6 Å². The van der Waals surface area contributed by atoms with Gasteiger partial charge in [-0.2, -0.15) is 0 Å². The van der Waals surface area contributed by atoms with E-state index in [4.69, 9.17) is 0 Å². The van der Waals surface area contributed by atoms with Gasteiger partial charge in [0, 0.05) is 0 Å². The second-order valence-corrected chi connectivity index (χ2v) is 8.07. The van der Waals surface area contributed by atoms with Gasteiger partial charge in [-0.3, -0.25) is 4.90 Å². The largest absolute Gasteiger partial charge is 0.295 e. The molecular weight excluding hydrogens is 333 g/mol. The molecule has 4 rings (SSSR count). The van der Waals surface area contributed by atoms with Gasteiger partial charge in [-0.05, 0) is 42.6 Å². The van der Waals surface area contributed by atoms with E-state index in [1.54, 1.807) is 0 Å². The monoisotopic (exact) mass is 359 g/mol. The summed E-state index contributed by atoms with van der Waals surface area (Å²) >= 11 is 0. The second-order valence-electron chi connectivity index (χ2n) is 7.16. The van der Waals surface area contributed by atoms with Crippen LogP contribution >= 0.6 is 9.24 Å². The van der Waals surface area contributed by atoms with Crippen molar-refractivity contribution in [1.82, 2.24) is 4.90 Å². The van der Waals surface area contributed by atoms with Crippen molar-refractivity contribution in [3.63, 3.8) is 0 Å². The quantitative estimate of drug-likeness (QED) is 0.533. The average molecular weight is 359 g/mol. The first-order valence-corrected chi connectivity index (χ1v) is 10.1. The lowest BCUT2D eigenvalue weighted by molar-refractivity contribution is 0.211. The third kappa shape index (κ3) is 3.22. The zero-order chi connectivity index (χ0) is 17.8. The van der Waals surface area contributed by atoms with E-state index in [9.17, 15) is 0 Å². The summed E-state index contributed by atoms with van der Waals surface area (Å²) in [6, 6.07) is 33.2. The van der Waals surface area contributed by atoms with Crippen LogP contribution in [0.2, 0.25) is 0 Å². The van der Waals surface area contributed by atoms with E-state index >= 15 is 0 Å². The number of likely N-dealkylation sites (tertiary alicyclic amines) is 1. The molecule has 3 aromatic carbocycles. The van der Waals surface area contributed by atoms with Gasteiger partial charge in [-0.1, -0.05) is 91.0 Å². The van der Waals surface area contributed by atoms with E-state index in [2.05, 4.69) is 105 Å². The molecule has 1 heterocycles.